The molecule has 2 aromatic carbocycles. The van der Waals surface area contributed by atoms with Gasteiger partial charge in [0.1, 0.15) is 5.82 Å². The van der Waals surface area contributed by atoms with Crippen LogP contribution in [0.15, 0.2) is 54.6 Å². The van der Waals surface area contributed by atoms with E-state index in [2.05, 4.69) is 15.7 Å². The van der Waals surface area contributed by atoms with Gasteiger partial charge >= 0.3 is 6.18 Å². The van der Waals surface area contributed by atoms with Crippen LogP contribution in [0, 0.1) is 0 Å². The maximum absolute atomic E-state index is 13.8. The minimum atomic E-state index is -4.53. The maximum Gasteiger partial charge on any atom is 0.410 e. The number of amides is 1. The first-order valence-corrected chi connectivity index (χ1v) is 10.2. The molecule has 1 aliphatic heterocycles. The lowest BCUT2D eigenvalue weighted by atomic mass is 9.97. The van der Waals surface area contributed by atoms with Crippen molar-refractivity contribution in [3.63, 3.8) is 0 Å². The molecule has 0 saturated heterocycles. The molecule has 10 heteroatoms. The third kappa shape index (κ3) is 4.65. The number of aromatic nitrogens is 2. The van der Waals surface area contributed by atoms with Crippen molar-refractivity contribution in [3.8, 4) is 0 Å². The maximum atomic E-state index is 13.8. The number of rotatable bonds is 4. The molecule has 2 atom stereocenters. The minimum absolute atomic E-state index is 0.111. The van der Waals surface area contributed by atoms with Crippen molar-refractivity contribution >= 4 is 34.9 Å². The lowest BCUT2D eigenvalue weighted by molar-refractivity contribution is -0.173. The molecule has 2 heterocycles. The first kappa shape index (κ1) is 21.5. The van der Waals surface area contributed by atoms with E-state index in [1.165, 1.54) is 6.07 Å². The molecule has 4 rings (SSSR count). The summed E-state index contributed by atoms with van der Waals surface area (Å²) in [4.78, 5) is 12.5. The van der Waals surface area contributed by atoms with Gasteiger partial charge in [0, 0.05) is 29.1 Å². The largest absolute Gasteiger partial charge is 0.410 e. The molecule has 2 N–H and O–H groups in total. The topological polar surface area (TPSA) is 59.0 Å². The molecule has 0 saturated carbocycles. The first-order chi connectivity index (χ1) is 14.7. The zero-order chi connectivity index (χ0) is 22.2. The van der Waals surface area contributed by atoms with Gasteiger partial charge in [-0.05, 0) is 29.3 Å². The number of carbonyl (C=O) groups excluding carboxylic acids is 1. The number of benzene rings is 2. The fourth-order valence-corrected chi connectivity index (χ4v) is 3.83. The Kier molecular flexibility index (Phi) is 5.85. The molecule has 1 aromatic heterocycles. The van der Waals surface area contributed by atoms with E-state index in [1.54, 1.807) is 48.5 Å². The van der Waals surface area contributed by atoms with Gasteiger partial charge in [-0.2, -0.15) is 18.3 Å². The molecule has 0 fully saturated rings. The van der Waals surface area contributed by atoms with Crippen LogP contribution in [0.25, 0.3) is 0 Å². The van der Waals surface area contributed by atoms with Gasteiger partial charge in [-0.15, -0.1) is 0 Å². The van der Waals surface area contributed by atoms with Crippen molar-refractivity contribution in [1.29, 1.82) is 0 Å². The van der Waals surface area contributed by atoms with Crippen LogP contribution < -0.4 is 10.6 Å². The number of anilines is 1. The lowest BCUT2D eigenvalue weighted by Gasteiger charge is -2.33. The predicted molar refractivity (Wildman–Crippen MR) is 112 cm³/mol. The van der Waals surface area contributed by atoms with Crippen LogP contribution in [0.3, 0.4) is 0 Å². The fraction of sp³-hybridized carbons (Fsp3) is 0.238. The van der Waals surface area contributed by atoms with E-state index >= 15 is 0 Å². The van der Waals surface area contributed by atoms with Gasteiger partial charge in [-0.3, -0.25) is 4.79 Å². The molecule has 0 radical (unpaired) electrons. The summed E-state index contributed by atoms with van der Waals surface area (Å²) in [6.07, 6.45) is -4.79. The van der Waals surface area contributed by atoms with E-state index in [0.29, 0.717) is 21.2 Å². The first-order valence-electron chi connectivity index (χ1n) is 9.42. The number of nitrogens with zero attached hydrogens (tertiary/aromatic N) is 2. The van der Waals surface area contributed by atoms with E-state index in [-0.39, 0.29) is 24.5 Å². The predicted octanol–water partition coefficient (Wildman–Crippen LogP) is 5.78. The molecule has 0 unspecified atom stereocenters. The van der Waals surface area contributed by atoms with Crippen molar-refractivity contribution in [2.24, 2.45) is 0 Å². The molecule has 3 aromatic rings. The molecular weight excluding hydrogens is 452 g/mol. The quantitative estimate of drug-likeness (QED) is 0.510. The van der Waals surface area contributed by atoms with Crippen LogP contribution in [0.1, 0.15) is 40.1 Å². The second kappa shape index (κ2) is 8.43. The number of carbonyl (C=O) groups is 1. The Labute approximate surface area is 186 Å². The molecule has 31 heavy (non-hydrogen) atoms. The van der Waals surface area contributed by atoms with E-state index < -0.39 is 24.2 Å². The van der Waals surface area contributed by atoms with Crippen molar-refractivity contribution in [2.45, 2.75) is 31.2 Å². The van der Waals surface area contributed by atoms with Crippen LogP contribution in [-0.2, 0) is 6.54 Å². The Morgan fingerprint density at radius 2 is 1.87 bits per heavy atom. The Morgan fingerprint density at radius 3 is 2.55 bits per heavy atom. The van der Waals surface area contributed by atoms with Gasteiger partial charge in [0.05, 0.1) is 6.04 Å². The Balaban J connectivity index is 1.58. The molecular formula is C21H17Cl2F3N4O. The molecule has 0 spiro atoms. The van der Waals surface area contributed by atoms with Crippen LogP contribution in [0.2, 0.25) is 10.0 Å². The van der Waals surface area contributed by atoms with E-state index in [0.717, 1.165) is 4.68 Å². The zero-order valence-electron chi connectivity index (χ0n) is 16.0. The Morgan fingerprint density at radius 1 is 1.16 bits per heavy atom. The van der Waals surface area contributed by atoms with Gasteiger partial charge in [-0.25, -0.2) is 4.68 Å². The Bertz CT molecular complexity index is 1100. The Hall–Kier alpha value is -2.71. The monoisotopic (exact) mass is 468 g/mol. The van der Waals surface area contributed by atoms with E-state index in [9.17, 15) is 18.0 Å². The summed E-state index contributed by atoms with van der Waals surface area (Å²) in [5.74, 6) is -0.469. The van der Waals surface area contributed by atoms with Gasteiger partial charge in [0.2, 0.25) is 0 Å². The minimum Gasteiger partial charge on any atom is -0.363 e. The molecule has 1 amide bonds. The van der Waals surface area contributed by atoms with Crippen LogP contribution in [0.5, 0.6) is 0 Å². The highest BCUT2D eigenvalue weighted by atomic mass is 35.5. The van der Waals surface area contributed by atoms with Crippen molar-refractivity contribution in [1.82, 2.24) is 15.1 Å². The molecule has 5 nitrogen and oxygen atoms in total. The number of nitrogens with one attached hydrogen (secondary N) is 2. The number of alkyl halides is 3. The fourth-order valence-electron chi connectivity index (χ4n) is 3.51. The summed E-state index contributed by atoms with van der Waals surface area (Å²) in [6.45, 7) is 0.129. The number of hydrogen-bond acceptors (Lipinski definition) is 3. The van der Waals surface area contributed by atoms with Gasteiger partial charge in [0.25, 0.3) is 5.91 Å². The van der Waals surface area contributed by atoms with Crippen LogP contribution in [0.4, 0.5) is 19.0 Å². The SMILES string of the molecule is O=C(NCc1ccccc1Cl)c1cc2n(n1)[C@H](C(F)(F)F)C[C@@H](c1ccc(Cl)cc1)N2. The van der Waals surface area contributed by atoms with Crippen molar-refractivity contribution < 1.29 is 18.0 Å². The summed E-state index contributed by atoms with van der Waals surface area (Å²) in [5.41, 5.74) is 1.24. The van der Waals surface area contributed by atoms with E-state index in [4.69, 9.17) is 23.2 Å². The van der Waals surface area contributed by atoms with Crippen LogP contribution in [-0.4, -0.2) is 21.9 Å². The highest BCUT2D eigenvalue weighted by Gasteiger charge is 2.46. The van der Waals surface area contributed by atoms with Gasteiger partial charge in [-0.1, -0.05) is 53.5 Å². The molecule has 0 bridgehead atoms. The van der Waals surface area contributed by atoms with Gasteiger partial charge in [0.15, 0.2) is 11.7 Å². The number of fused-ring (bicyclic) bond motifs is 1. The third-order valence-corrected chi connectivity index (χ3v) is 5.71. The molecule has 162 valence electrons. The number of hydrogen-bond donors (Lipinski definition) is 2. The lowest BCUT2D eigenvalue weighted by Crippen LogP contribution is -2.35. The summed E-state index contributed by atoms with van der Waals surface area (Å²) >= 11 is 12.0. The summed E-state index contributed by atoms with van der Waals surface area (Å²) in [5, 5.41) is 10.6. The summed E-state index contributed by atoms with van der Waals surface area (Å²) in [6, 6.07) is 12.4. The summed E-state index contributed by atoms with van der Waals surface area (Å²) < 4.78 is 42.1. The normalized spacial score (nSPS) is 18.2. The standard InChI is InChI=1S/C21H17Cl2F3N4O/c22-14-7-5-12(6-8-14)16-9-18(21(24,25)26)30-19(28-16)10-17(29-30)20(31)27-11-13-3-1-2-4-15(13)23/h1-8,10,16,18,28H,9,11H2,(H,27,31)/t16-,18-/m0/s1. The average Bonchev–Trinajstić information content (AvgIpc) is 3.16. The number of halogens is 5. The highest BCUT2D eigenvalue weighted by molar-refractivity contribution is 6.31. The van der Waals surface area contributed by atoms with Gasteiger partial charge < -0.3 is 10.6 Å². The average molecular weight is 469 g/mol. The molecule has 1 aliphatic rings. The zero-order valence-corrected chi connectivity index (χ0v) is 17.5. The smallest absolute Gasteiger partial charge is 0.363 e. The summed E-state index contributed by atoms with van der Waals surface area (Å²) in [7, 11) is 0. The van der Waals surface area contributed by atoms with Crippen molar-refractivity contribution in [2.75, 3.05) is 5.32 Å². The third-order valence-electron chi connectivity index (χ3n) is 5.09. The second-order valence-corrected chi connectivity index (χ2v) is 8.02. The molecule has 0 aliphatic carbocycles. The highest BCUT2D eigenvalue weighted by Crippen LogP contribution is 2.43. The van der Waals surface area contributed by atoms with E-state index in [1.807, 2.05) is 0 Å². The van der Waals surface area contributed by atoms with Crippen molar-refractivity contribution in [3.05, 3.63) is 81.5 Å². The second-order valence-electron chi connectivity index (χ2n) is 7.18. The van der Waals surface area contributed by atoms with Crippen LogP contribution >= 0.6 is 23.2 Å².